The summed E-state index contributed by atoms with van der Waals surface area (Å²) >= 11 is 0. The molecule has 0 spiro atoms. The van der Waals surface area contributed by atoms with Crippen molar-refractivity contribution in [2.24, 2.45) is 0 Å². The van der Waals surface area contributed by atoms with E-state index in [0.29, 0.717) is 12.0 Å². The molecule has 0 aromatic rings. The van der Waals surface area contributed by atoms with Crippen LogP contribution in [0.3, 0.4) is 0 Å². The van der Waals surface area contributed by atoms with Gasteiger partial charge in [0, 0.05) is 12.8 Å². The first kappa shape index (κ1) is 26.6. The third-order valence-corrected chi connectivity index (χ3v) is 5.10. The second-order valence-electron chi connectivity index (χ2n) is 6.24. The topological polar surface area (TPSA) is 71.1 Å². The first-order valence-corrected chi connectivity index (χ1v) is 11.1. The van der Waals surface area contributed by atoms with E-state index in [9.17, 15) is 13.8 Å². The molecule has 0 N–H and O–H groups in total. The van der Waals surface area contributed by atoms with E-state index in [2.05, 4.69) is 0 Å². The Morgan fingerprint density at radius 1 is 0.964 bits per heavy atom. The van der Waals surface area contributed by atoms with Crippen molar-refractivity contribution >= 4 is 13.8 Å². The molecule has 0 fully saturated rings. The maximum Gasteiger partial charge on any atom is 0.529 e. The normalized spacial score (nSPS) is 13.0. The van der Waals surface area contributed by atoms with Crippen LogP contribution in [0.15, 0.2) is 34.9 Å². The fourth-order valence-electron chi connectivity index (χ4n) is 2.17. The standard InChI is InChI=1S/C20H34FO6P/c1-7-24-20(22)15-18(27-28(23,25-8-2)26-9-3)13-14-19(21)17(6)12-10-11-16(4)5/h11,15H,7-10,12-14H2,1-6H3/b18-15-,19-17-. The molecule has 0 rings (SSSR count). The summed E-state index contributed by atoms with van der Waals surface area (Å²) in [6, 6.07) is 0. The van der Waals surface area contributed by atoms with Crippen molar-refractivity contribution in [1.82, 2.24) is 0 Å². The lowest BCUT2D eigenvalue weighted by Crippen LogP contribution is -2.05. The van der Waals surface area contributed by atoms with Crippen molar-refractivity contribution in [1.29, 1.82) is 0 Å². The van der Waals surface area contributed by atoms with Crippen LogP contribution in [0.4, 0.5) is 4.39 Å². The number of carbonyl (C=O) groups is 1. The summed E-state index contributed by atoms with van der Waals surface area (Å²) in [7, 11) is -3.89. The highest BCUT2D eigenvalue weighted by Crippen LogP contribution is 2.51. The monoisotopic (exact) mass is 420 g/mol. The molecule has 0 aromatic heterocycles. The average Bonchev–Trinajstić information content (AvgIpc) is 2.59. The second-order valence-corrected chi connectivity index (χ2v) is 7.84. The molecule has 0 aromatic carbocycles. The number of allylic oxidation sites excluding steroid dienone is 5. The number of hydrogen-bond acceptors (Lipinski definition) is 6. The van der Waals surface area contributed by atoms with E-state index in [4.69, 9.17) is 18.3 Å². The molecule has 28 heavy (non-hydrogen) atoms. The van der Waals surface area contributed by atoms with Crippen LogP contribution >= 0.6 is 7.82 Å². The quantitative estimate of drug-likeness (QED) is 0.106. The lowest BCUT2D eigenvalue weighted by atomic mass is 10.1. The maximum absolute atomic E-state index is 14.4. The Morgan fingerprint density at radius 3 is 2.07 bits per heavy atom. The molecule has 0 aliphatic carbocycles. The zero-order valence-corrected chi connectivity index (χ0v) is 18.8. The average molecular weight is 420 g/mol. The van der Waals surface area contributed by atoms with E-state index >= 15 is 0 Å². The lowest BCUT2D eigenvalue weighted by Gasteiger charge is -2.19. The third kappa shape index (κ3) is 12.1. The van der Waals surface area contributed by atoms with E-state index in [1.807, 2.05) is 19.9 Å². The van der Waals surface area contributed by atoms with E-state index in [1.54, 1.807) is 27.7 Å². The highest BCUT2D eigenvalue weighted by atomic mass is 31.2. The molecule has 0 aliphatic rings. The van der Waals surface area contributed by atoms with Gasteiger partial charge < -0.3 is 9.26 Å². The van der Waals surface area contributed by atoms with E-state index in [-0.39, 0.29) is 44.2 Å². The van der Waals surface area contributed by atoms with Gasteiger partial charge in [0.05, 0.1) is 31.7 Å². The number of halogens is 1. The van der Waals surface area contributed by atoms with Gasteiger partial charge in [-0.05, 0) is 60.0 Å². The molecule has 0 saturated carbocycles. The second kappa shape index (κ2) is 14.6. The van der Waals surface area contributed by atoms with Crippen LogP contribution in [-0.2, 0) is 27.7 Å². The van der Waals surface area contributed by atoms with Gasteiger partial charge in [0.1, 0.15) is 5.76 Å². The largest absolute Gasteiger partial charge is 0.529 e. The molecular formula is C20H34FO6P. The molecule has 0 unspecified atom stereocenters. The van der Waals surface area contributed by atoms with Crippen LogP contribution in [0, 0.1) is 0 Å². The van der Waals surface area contributed by atoms with Crippen molar-refractivity contribution < 1.29 is 32.1 Å². The van der Waals surface area contributed by atoms with E-state index in [0.717, 1.165) is 12.5 Å². The van der Waals surface area contributed by atoms with Gasteiger partial charge in [-0.1, -0.05) is 11.6 Å². The summed E-state index contributed by atoms with van der Waals surface area (Å²) in [5, 5.41) is 0. The minimum absolute atomic E-state index is 0.00377. The van der Waals surface area contributed by atoms with E-state index in [1.165, 1.54) is 5.57 Å². The number of esters is 1. The van der Waals surface area contributed by atoms with Crippen LogP contribution in [0.1, 0.15) is 67.2 Å². The van der Waals surface area contributed by atoms with Gasteiger partial charge in [-0.25, -0.2) is 13.8 Å². The molecule has 0 radical (unpaired) electrons. The van der Waals surface area contributed by atoms with Crippen LogP contribution in [0.5, 0.6) is 0 Å². The molecule has 6 nitrogen and oxygen atoms in total. The van der Waals surface area contributed by atoms with Crippen LogP contribution in [0.2, 0.25) is 0 Å². The third-order valence-electron chi connectivity index (χ3n) is 3.49. The Hall–Kier alpha value is -1.43. The van der Waals surface area contributed by atoms with Crippen molar-refractivity contribution in [2.75, 3.05) is 19.8 Å². The minimum atomic E-state index is -3.89. The molecule has 0 aliphatic heterocycles. The molecule has 162 valence electrons. The van der Waals surface area contributed by atoms with Crippen molar-refractivity contribution in [2.45, 2.75) is 67.2 Å². The van der Waals surface area contributed by atoms with Gasteiger partial charge in [0.25, 0.3) is 0 Å². The fraction of sp³-hybridized carbons (Fsp3) is 0.650. The molecule has 0 bridgehead atoms. The number of hydrogen-bond donors (Lipinski definition) is 0. The Labute approximate surface area is 168 Å². The van der Waals surface area contributed by atoms with Gasteiger partial charge in [0.15, 0.2) is 0 Å². The Bertz CT molecular complexity index is 610. The van der Waals surface area contributed by atoms with Crippen LogP contribution < -0.4 is 0 Å². The number of phosphoric acid groups is 1. The van der Waals surface area contributed by atoms with Crippen molar-refractivity contribution in [3.05, 3.63) is 34.9 Å². The number of ether oxygens (including phenoxy) is 1. The smallest absolute Gasteiger partial charge is 0.463 e. The summed E-state index contributed by atoms with van der Waals surface area (Å²) < 4.78 is 47.4. The first-order valence-electron chi connectivity index (χ1n) is 9.60. The maximum atomic E-state index is 14.4. The van der Waals surface area contributed by atoms with Gasteiger partial charge in [-0.15, -0.1) is 0 Å². The molecule has 8 heteroatoms. The minimum Gasteiger partial charge on any atom is -0.463 e. The zero-order chi connectivity index (χ0) is 21.6. The molecular weight excluding hydrogens is 386 g/mol. The van der Waals surface area contributed by atoms with Gasteiger partial charge in [-0.3, -0.25) is 9.05 Å². The Balaban J connectivity index is 5.25. The molecule has 0 atom stereocenters. The summed E-state index contributed by atoms with van der Waals surface area (Å²) in [4.78, 5) is 11.8. The first-order chi connectivity index (χ1) is 13.2. The number of carbonyl (C=O) groups excluding carboxylic acids is 1. The highest BCUT2D eigenvalue weighted by Gasteiger charge is 2.28. The summed E-state index contributed by atoms with van der Waals surface area (Å²) in [5.41, 5.74) is 1.81. The van der Waals surface area contributed by atoms with Gasteiger partial charge >= 0.3 is 13.8 Å². The van der Waals surface area contributed by atoms with Crippen LogP contribution in [0.25, 0.3) is 0 Å². The summed E-state index contributed by atoms with van der Waals surface area (Å²) in [5.74, 6) is -0.958. The summed E-state index contributed by atoms with van der Waals surface area (Å²) in [6.07, 6.45) is 4.49. The summed E-state index contributed by atoms with van der Waals surface area (Å²) in [6.45, 7) is 11.0. The lowest BCUT2D eigenvalue weighted by molar-refractivity contribution is -0.137. The van der Waals surface area contributed by atoms with Gasteiger partial charge in [0.2, 0.25) is 0 Å². The fourth-order valence-corrected chi connectivity index (χ4v) is 3.41. The zero-order valence-electron chi connectivity index (χ0n) is 17.9. The Morgan fingerprint density at radius 2 is 1.57 bits per heavy atom. The van der Waals surface area contributed by atoms with Crippen molar-refractivity contribution in [3.63, 3.8) is 0 Å². The highest BCUT2D eigenvalue weighted by molar-refractivity contribution is 7.48. The van der Waals surface area contributed by atoms with E-state index < -0.39 is 13.8 Å². The number of phosphoric ester groups is 1. The Kier molecular flexibility index (Phi) is 13.8. The predicted molar refractivity (Wildman–Crippen MR) is 108 cm³/mol. The van der Waals surface area contributed by atoms with Crippen molar-refractivity contribution in [3.8, 4) is 0 Å². The molecule has 0 amide bonds. The number of rotatable bonds is 14. The SMILES string of the molecule is CCOC(=O)/C=C(/CC/C(F)=C(\C)CCC=C(C)C)OP(=O)(OCC)OCC. The van der Waals surface area contributed by atoms with Crippen LogP contribution in [-0.4, -0.2) is 25.8 Å². The molecule has 0 heterocycles. The van der Waals surface area contributed by atoms with Gasteiger partial charge in [-0.2, -0.15) is 0 Å². The molecule has 0 saturated heterocycles. The predicted octanol–water partition coefficient (Wildman–Crippen LogP) is 6.40.